The van der Waals surface area contributed by atoms with Gasteiger partial charge in [-0.2, -0.15) is 0 Å². The highest BCUT2D eigenvalue weighted by Crippen LogP contribution is 2.34. The van der Waals surface area contributed by atoms with Crippen LogP contribution >= 0.6 is 39.3 Å². The van der Waals surface area contributed by atoms with Crippen molar-refractivity contribution in [1.82, 2.24) is 4.90 Å². The van der Waals surface area contributed by atoms with Crippen LogP contribution in [-0.2, 0) is 4.79 Å². The van der Waals surface area contributed by atoms with Crippen LogP contribution in [0, 0.1) is 0 Å². The van der Waals surface area contributed by atoms with Gasteiger partial charge < -0.3 is 9.84 Å². The molecule has 0 spiro atoms. The van der Waals surface area contributed by atoms with Gasteiger partial charge >= 0.3 is 0 Å². The third-order valence-corrected chi connectivity index (χ3v) is 5.27. The van der Waals surface area contributed by atoms with Crippen LogP contribution in [0.2, 0.25) is 5.02 Å². The van der Waals surface area contributed by atoms with Crippen LogP contribution < -0.4 is 4.74 Å². The molecule has 26 heavy (non-hydrogen) atoms. The van der Waals surface area contributed by atoms with Gasteiger partial charge in [0.1, 0.15) is 18.1 Å². The first-order chi connectivity index (χ1) is 12.5. The highest BCUT2D eigenvalue weighted by molar-refractivity contribution is 9.10. The standard InChI is InChI=1S/C18H13BrClNO4S/c19-12-5-6-14(22)11(9-12)10-16-17(23)21(18(24)26-16)7-8-25-15-4-2-1-3-13(15)20/h1-6,9-10,22H,7-8H2/b16-10-. The van der Waals surface area contributed by atoms with Crippen LogP contribution in [0.15, 0.2) is 51.8 Å². The van der Waals surface area contributed by atoms with E-state index < -0.39 is 5.91 Å². The number of halogens is 2. The summed E-state index contributed by atoms with van der Waals surface area (Å²) in [5.74, 6) is 0.111. The largest absolute Gasteiger partial charge is 0.507 e. The van der Waals surface area contributed by atoms with Crippen molar-refractivity contribution in [3.63, 3.8) is 0 Å². The SMILES string of the molecule is O=C1S/C(=C\c2cc(Br)ccc2O)C(=O)N1CCOc1ccccc1Cl. The maximum atomic E-state index is 12.5. The molecule has 1 aliphatic heterocycles. The number of thioether (sulfide) groups is 1. The number of phenolic OH excluding ortho intramolecular Hbond substituents is 1. The summed E-state index contributed by atoms with van der Waals surface area (Å²) in [6.45, 7) is 0.245. The predicted molar refractivity (Wildman–Crippen MR) is 105 cm³/mol. The van der Waals surface area contributed by atoms with Crippen molar-refractivity contribution in [2.45, 2.75) is 0 Å². The van der Waals surface area contributed by atoms with Gasteiger partial charge in [-0.3, -0.25) is 14.5 Å². The third kappa shape index (κ3) is 4.23. The van der Waals surface area contributed by atoms with E-state index in [0.29, 0.717) is 16.3 Å². The number of hydrogen-bond acceptors (Lipinski definition) is 5. The fourth-order valence-electron chi connectivity index (χ4n) is 2.28. The Balaban J connectivity index is 1.68. The number of imide groups is 1. The summed E-state index contributed by atoms with van der Waals surface area (Å²) in [5.41, 5.74) is 0.456. The molecule has 2 amide bonds. The quantitative estimate of drug-likeness (QED) is 0.649. The number of para-hydroxylation sites is 1. The zero-order chi connectivity index (χ0) is 18.7. The molecule has 2 aromatic rings. The van der Waals surface area contributed by atoms with Gasteiger partial charge in [0, 0.05) is 10.0 Å². The third-order valence-electron chi connectivity index (χ3n) is 3.56. The second-order valence-electron chi connectivity index (χ2n) is 5.32. The van der Waals surface area contributed by atoms with Crippen molar-refractivity contribution in [2.75, 3.05) is 13.2 Å². The van der Waals surface area contributed by atoms with E-state index in [1.165, 1.54) is 12.1 Å². The van der Waals surface area contributed by atoms with E-state index in [-0.39, 0.29) is 29.0 Å². The Hall–Kier alpha value is -1.96. The van der Waals surface area contributed by atoms with Gasteiger partial charge in [-0.15, -0.1) is 0 Å². The lowest BCUT2D eigenvalue weighted by Crippen LogP contribution is -2.32. The van der Waals surface area contributed by atoms with Crippen molar-refractivity contribution in [1.29, 1.82) is 0 Å². The molecule has 5 nitrogen and oxygen atoms in total. The average molecular weight is 455 g/mol. The van der Waals surface area contributed by atoms with Gasteiger partial charge in [-0.25, -0.2) is 0 Å². The minimum Gasteiger partial charge on any atom is -0.507 e. The number of ether oxygens (including phenoxy) is 1. The van der Waals surface area contributed by atoms with E-state index in [2.05, 4.69) is 15.9 Å². The second-order valence-corrected chi connectivity index (χ2v) is 7.63. The fourth-order valence-corrected chi connectivity index (χ4v) is 3.71. The van der Waals surface area contributed by atoms with Crippen LogP contribution in [0.3, 0.4) is 0 Å². The van der Waals surface area contributed by atoms with Gasteiger partial charge in [0.2, 0.25) is 0 Å². The number of benzene rings is 2. The Bertz CT molecular complexity index is 903. The van der Waals surface area contributed by atoms with E-state index in [9.17, 15) is 14.7 Å². The molecule has 0 unspecified atom stereocenters. The molecule has 0 saturated carbocycles. The first-order valence-corrected chi connectivity index (χ1v) is 9.55. The number of carbonyl (C=O) groups is 2. The molecule has 8 heteroatoms. The Morgan fingerprint density at radius 1 is 1.23 bits per heavy atom. The van der Waals surface area contributed by atoms with Crippen molar-refractivity contribution in [2.24, 2.45) is 0 Å². The lowest BCUT2D eigenvalue weighted by Gasteiger charge is -2.13. The zero-order valence-electron chi connectivity index (χ0n) is 13.3. The number of nitrogens with zero attached hydrogens (tertiary/aromatic N) is 1. The molecule has 0 bridgehead atoms. The molecule has 0 aromatic heterocycles. The van der Waals surface area contributed by atoms with Gasteiger partial charge in [0.15, 0.2) is 0 Å². The molecule has 1 fully saturated rings. The van der Waals surface area contributed by atoms with Gasteiger partial charge in [0.05, 0.1) is 16.5 Å². The summed E-state index contributed by atoms with van der Waals surface area (Å²) >= 11 is 10.1. The van der Waals surface area contributed by atoms with Crippen LogP contribution in [-0.4, -0.2) is 34.3 Å². The average Bonchev–Trinajstić information content (AvgIpc) is 2.87. The van der Waals surface area contributed by atoms with E-state index in [4.69, 9.17) is 16.3 Å². The normalized spacial score (nSPS) is 15.8. The number of aromatic hydroxyl groups is 1. The molecule has 0 aliphatic carbocycles. The lowest BCUT2D eigenvalue weighted by molar-refractivity contribution is -0.123. The van der Waals surface area contributed by atoms with E-state index in [1.807, 2.05) is 0 Å². The summed E-state index contributed by atoms with van der Waals surface area (Å²) < 4.78 is 6.29. The minimum atomic E-state index is -0.415. The van der Waals surface area contributed by atoms with Crippen LogP contribution in [0.25, 0.3) is 6.08 Å². The minimum absolute atomic E-state index is 0.0297. The molecule has 1 N–H and O–H groups in total. The molecule has 0 radical (unpaired) electrons. The molecule has 1 heterocycles. The van der Waals surface area contributed by atoms with Crippen LogP contribution in [0.1, 0.15) is 5.56 Å². The Kier molecular flexibility index (Phi) is 5.90. The summed E-state index contributed by atoms with van der Waals surface area (Å²) in [7, 11) is 0. The Morgan fingerprint density at radius 3 is 2.77 bits per heavy atom. The monoisotopic (exact) mass is 453 g/mol. The number of hydrogen-bond donors (Lipinski definition) is 1. The topological polar surface area (TPSA) is 66.8 Å². The molecule has 3 rings (SSSR count). The molecular formula is C18H13BrClNO4S. The second kappa shape index (κ2) is 8.16. The maximum absolute atomic E-state index is 12.5. The fraction of sp³-hybridized carbons (Fsp3) is 0.111. The number of rotatable bonds is 5. The van der Waals surface area contributed by atoms with E-state index in [1.54, 1.807) is 36.4 Å². The maximum Gasteiger partial charge on any atom is 0.293 e. The molecule has 1 aliphatic rings. The summed E-state index contributed by atoms with van der Waals surface area (Å²) in [5, 5.41) is 9.98. The van der Waals surface area contributed by atoms with Crippen molar-refractivity contribution in [3.05, 3.63) is 62.4 Å². The predicted octanol–water partition coefficient (Wildman–Crippen LogP) is 4.92. The van der Waals surface area contributed by atoms with Crippen LogP contribution in [0.4, 0.5) is 4.79 Å². The lowest BCUT2D eigenvalue weighted by atomic mass is 10.2. The smallest absolute Gasteiger partial charge is 0.293 e. The number of amides is 2. The van der Waals surface area contributed by atoms with Gasteiger partial charge in [-0.1, -0.05) is 39.7 Å². The molecule has 0 atom stereocenters. The molecular weight excluding hydrogens is 442 g/mol. The number of carbonyl (C=O) groups excluding carboxylic acids is 2. The molecule has 2 aromatic carbocycles. The zero-order valence-corrected chi connectivity index (χ0v) is 16.5. The van der Waals surface area contributed by atoms with Gasteiger partial charge in [0.25, 0.3) is 11.1 Å². The molecule has 1 saturated heterocycles. The first-order valence-electron chi connectivity index (χ1n) is 7.57. The highest BCUT2D eigenvalue weighted by atomic mass is 79.9. The van der Waals surface area contributed by atoms with Gasteiger partial charge in [-0.05, 0) is 48.2 Å². The first kappa shape index (κ1) is 18.8. The Labute approximate surface area is 167 Å². The van der Waals surface area contributed by atoms with Crippen molar-refractivity contribution >= 4 is 56.5 Å². The summed E-state index contributed by atoms with van der Waals surface area (Å²) in [4.78, 5) is 26.0. The van der Waals surface area contributed by atoms with Crippen LogP contribution in [0.5, 0.6) is 11.5 Å². The Morgan fingerprint density at radius 2 is 2.00 bits per heavy atom. The summed E-state index contributed by atoms with van der Waals surface area (Å²) in [6, 6.07) is 11.9. The van der Waals surface area contributed by atoms with E-state index >= 15 is 0 Å². The van der Waals surface area contributed by atoms with Crippen molar-refractivity contribution in [3.8, 4) is 11.5 Å². The number of phenols is 1. The van der Waals surface area contributed by atoms with E-state index in [0.717, 1.165) is 21.1 Å². The molecule has 134 valence electrons. The highest BCUT2D eigenvalue weighted by Gasteiger charge is 2.35. The van der Waals surface area contributed by atoms with Crippen molar-refractivity contribution < 1.29 is 19.4 Å². The summed E-state index contributed by atoms with van der Waals surface area (Å²) in [6.07, 6.45) is 1.50.